The van der Waals surface area contributed by atoms with Crippen LogP contribution in [-0.4, -0.2) is 0 Å². The minimum absolute atomic E-state index is 0. The molecule has 12 rings (SSSR count). The first kappa shape index (κ1) is 38.8. The molecule has 59 heavy (non-hydrogen) atoms. The van der Waals surface area contributed by atoms with Gasteiger partial charge in [0.25, 0.3) is 0 Å². The first-order valence-electron chi connectivity index (χ1n) is 18.8. The fraction of sp³-hybridized carbons (Fsp3) is 0. The number of thiophene rings is 7. The molecular formula is C50H28CsNS7. The Kier molecular flexibility index (Phi) is 10.7. The molecule has 0 aliphatic heterocycles. The number of fused-ring (bicyclic) bond motifs is 9. The van der Waals surface area contributed by atoms with Crippen molar-refractivity contribution < 1.29 is 68.9 Å². The maximum absolute atomic E-state index is 5.26. The summed E-state index contributed by atoms with van der Waals surface area (Å²) < 4.78 is 2.64. The summed E-state index contributed by atoms with van der Waals surface area (Å²) in [6.07, 6.45) is 8.95. The van der Waals surface area contributed by atoms with Gasteiger partial charge >= 0.3 is 68.9 Å². The molecule has 0 radical (unpaired) electrons. The van der Waals surface area contributed by atoms with E-state index in [4.69, 9.17) is 4.98 Å². The standard InChI is InChI=1S/C50H28NS7.Cs/c1-3-40(52-25-1)42-21-23-46(56-42)44-19-11-31(54-44)9-5-29-7-13-33-35-15-18-38-36(49(35)51-39(33)27-29)16-17-37-34-14-8-30(28-48(34)58-50(37)38)6-10-32-12-20-45(55-32)47-24-22-43(57-47)41-4-2-26-53-41;/h1-28H;/q-1;+1/b9-5+,10-6+;. The summed E-state index contributed by atoms with van der Waals surface area (Å²) >= 11 is 12.9. The SMILES string of the molecule is C(=C\c1ccc(-c2ccc(-c3cccs3)s2)s1)/c1ccc2c(c1)[n-]c1c2ccc2c1ccc1c3ccc(/C=C/c4ccc(-c5ccc(-c6cccs6)s5)s4)cc3sc12.[Cs+]. The van der Waals surface area contributed by atoms with Crippen LogP contribution in [-0.2, 0) is 0 Å². The van der Waals surface area contributed by atoms with Gasteiger partial charge in [0.05, 0.1) is 0 Å². The molecule has 12 aromatic rings. The average molecular weight is 1000 g/mol. The number of hydrogen-bond acceptors (Lipinski definition) is 7. The molecular weight excluding hydrogens is 972 g/mol. The summed E-state index contributed by atoms with van der Waals surface area (Å²) in [5.41, 5.74) is 4.50. The van der Waals surface area contributed by atoms with Crippen LogP contribution >= 0.6 is 79.4 Å². The van der Waals surface area contributed by atoms with Gasteiger partial charge < -0.3 is 4.98 Å². The van der Waals surface area contributed by atoms with E-state index in [0.29, 0.717) is 0 Å². The third-order valence-electron chi connectivity index (χ3n) is 10.5. The van der Waals surface area contributed by atoms with Gasteiger partial charge in [-0.25, -0.2) is 0 Å². The summed E-state index contributed by atoms with van der Waals surface area (Å²) in [5.74, 6) is 0. The van der Waals surface area contributed by atoms with E-state index in [0.717, 1.165) is 16.6 Å². The third-order valence-corrected chi connectivity index (χ3v) is 18.5. The molecule has 0 saturated carbocycles. The Morgan fingerprint density at radius 1 is 0.373 bits per heavy atom. The Morgan fingerprint density at radius 2 is 0.847 bits per heavy atom. The predicted molar refractivity (Wildman–Crippen MR) is 265 cm³/mol. The van der Waals surface area contributed by atoms with Gasteiger partial charge in [0.2, 0.25) is 0 Å². The summed E-state index contributed by atoms with van der Waals surface area (Å²) in [7, 11) is 0. The second-order valence-electron chi connectivity index (χ2n) is 14.1. The van der Waals surface area contributed by atoms with E-state index in [1.807, 2.05) is 56.7 Å². The van der Waals surface area contributed by atoms with Crippen LogP contribution in [0.15, 0.2) is 144 Å². The Bertz CT molecular complexity index is 3290. The molecule has 0 saturated heterocycles. The topological polar surface area (TPSA) is 14.1 Å². The molecule has 0 amide bonds. The molecule has 0 spiro atoms. The number of benzene rings is 4. The van der Waals surface area contributed by atoms with Crippen LogP contribution in [0.4, 0.5) is 0 Å². The molecule has 0 aliphatic rings. The van der Waals surface area contributed by atoms with Crippen molar-refractivity contribution >= 4 is 156 Å². The van der Waals surface area contributed by atoms with Gasteiger partial charge in [0.15, 0.2) is 0 Å². The van der Waals surface area contributed by atoms with E-state index in [9.17, 15) is 0 Å². The molecule has 9 heteroatoms. The zero-order chi connectivity index (χ0) is 38.2. The molecule has 0 aliphatic carbocycles. The fourth-order valence-corrected chi connectivity index (χ4v) is 14.7. The van der Waals surface area contributed by atoms with Crippen molar-refractivity contribution in [2.75, 3.05) is 0 Å². The maximum Gasteiger partial charge on any atom is 1.00 e. The van der Waals surface area contributed by atoms with Gasteiger partial charge in [0.1, 0.15) is 0 Å². The van der Waals surface area contributed by atoms with Crippen molar-refractivity contribution in [2.45, 2.75) is 0 Å². The fourth-order valence-electron chi connectivity index (χ4n) is 7.72. The molecule has 0 atom stereocenters. The molecule has 0 unspecified atom stereocenters. The van der Waals surface area contributed by atoms with Crippen molar-refractivity contribution in [1.29, 1.82) is 0 Å². The Balaban J connectivity index is 0.00000397. The van der Waals surface area contributed by atoms with Crippen molar-refractivity contribution in [3.05, 3.63) is 165 Å². The zero-order valence-electron chi connectivity index (χ0n) is 31.5. The van der Waals surface area contributed by atoms with Crippen LogP contribution in [0, 0.1) is 0 Å². The summed E-state index contributed by atoms with van der Waals surface area (Å²) in [6, 6.07) is 49.3. The molecule has 8 heterocycles. The number of nitrogens with zero attached hydrogens (tertiary/aromatic N) is 1. The van der Waals surface area contributed by atoms with Crippen molar-refractivity contribution in [1.82, 2.24) is 4.98 Å². The zero-order valence-corrected chi connectivity index (χ0v) is 43.5. The second-order valence-corrected chi connectivity index (χ2v) is 21.4. The number of aromatic nitrogens is 1. The monoisotopic (exact) mass is 999 g/mol. The molecule has 1 nitrogen and oxygen atoms in total. The van der Waals surface area contributed by atoms with Gasteiger partial charge in [-0.15, -0.1) is 90.4 Å². The average Bonchev–Trinajstić information content (AvgIpc) is 4.11. The van der Waals surface area contributed by atoms with Gasteiger partial charge in [-0.1, -0.05) is 78.9 Å². The van der Waals surface area contributed by atoms with E-state index < -0.39 is 0 Å². The van der Waals surface area contributed by atoms with Gasteiger partial charge in [-0.3, -0.25) is 0 Å². The van der Waals surface area contributed by atoms with E-state index in [1.165, 1.54) is 96.1 Å². The van der Waals surface area contributed by atoms with Gasteiger partial charge in [-0.2, -0.15) is 0 Å². The molecule has 8 aromatic heterocycles. The minimum Gasteiger partial charge on any atom is -0.656 e. The van der Waals surface area contributed by atoms with Crippen LogP contribution < -0.4 is 73.9 Å². The van der Waals surface area contributed by atoms with Crippen LogP contribution in [0.2, 0.25) is 0 Å². The maximum atomic E-state index is 5.26. The van der Waals surface area contributed by atoms with Gasteiger partial charge in [0, 0.05) is 68.9 Å². The minimum atomic E-state index is 0. The molecule has 0 fully saturated rings. The quantitative estimate of drug-likeness (QED) is 0.148. The van der Waals surface area contributed by atoms with E-state index in [2.05, 4.69) is 169 Å². The van der Waals surface area contributed by atoms with Crippen LogP contribution in [0.1, 0.15) is 20.9 Å². The first-order chi connectivity index (χ1) is 28.7. The summed E-state index contributed by atoms with van der Waals surface area (Å²) in [4.78, 5) is 18.4. The first-order valence-corrected chi connectivity index (χ1v) is 24.6. The molecule has 0 bridgehead atoms. The number of rotatable bonds is 8. The van der Waals surface area contributed by atoms with E-state index >= 15 is 0 Å². The normalized spacial score (nSPS) is 12.1. The Hall–Kier alpha value is -3.11. The van der Waals surface area contributed by atoms with Crippen LogP contribution in [0.25, 0.3) is 116 Å². The molecule has 276 valence electrons. The van der Waals surface area contributed by atoms with Crippen molar-refractivity contribution in [2.24, 2.45) is 0 Å². The smallest absolute Gasteiger partial charge is 0.656 e. The molecule has 4 aromatic carbocycles. The number of hydrogen-bond donors (Lipinski definition) is 0. The van der Waals surface area contributed by atoms with E-state index in [1.54, 1.807) is 22.7 Å². The molecule has 0 N–H and O–H groups in total. The van der Waals surface area contributed by atoms with Gasteiger partial charge in [-0.05, 0) is 122 Å². The predicted octanol–water partition coefficient (Wildman–Crippen LogP) is 14.9. The summed E-state index contributed by atoms with van der Waals surface area (Å²) in [5, 5.41) is 11.8. The Morgan fingerprint density at radius 3 is 1.44 bits per heavy atom. The Labute approximate surface area is 427 Å². The van der Waals surface area contributed by atoms with Crippen molar-refractivity contribution in [3.8, 4) is 39.0 Å². The van der Waals surface area contributed by atoms with E-state index in [-0.39, 0.29) is 68.9 Å². The largest absolute Gasteiger partial charge is 1.00 e. The second kappa shape index (κ2) is 16.3. The van der Waals surface area contributed by atoms with Crippen LogP contribution in [0.3, 0.4) is 0 Å². The summed E-state index contributed by atoms with van der Waals surface area (Å²) in [6.45, 7) is 0. The van der Waals surface area contributed by atoms with Crippen molar-refractivity contribution in [3.63, 3.8) is 0 Å². The van der Waals surface area contributed by atoms with Crippen LogP contribution in [0.5, 0.6) is 0 Å². The third kappa shape index (κ3) is 7.31.